The van der Waals surface area contributed by atoms with Crippen LogP contribution in [0.5, 0.6) is 0 Å². The molecule has 1 heterocycles. The Morgan fingerprint density at radius 1 is 1.48 bits per heavy atom. The van der Waals surface area contributed by atoms with Gasteiger partial charge in [-0.15, -0.1) is 0 Å². The molecule has 0 radical (unpaired) electrons. The van der Waals surface area contributed by atoms with Crippen LogP contribution in [0.15, 0.2) is 23.2 Å². The Balaban J connectivity index is 2.02. The summed E-state index contributed by atoms with van der Waals surface area (Å²) in [5, 5.41) is 1.86. The van der Waals surface area contributed by atoms with Gasteiger partial charge < -0.3 is 9.88 Å². The lowest BCUT2D eigenvalue weighted by Gasteiger charge is -2.19. The van der Waals surface area contributed by atoms with E-state index in [9.17, 15) is 4.79 Å². The van der Waals surface area contributed by atoms with Gasteiger partial charge in [0, 0.05) is 35.7 Å². The highest BCUT2D eigenvalue weighted by Crippen LogP contribution is 2.37. The fraction of sp³-hybridized carbons (Fsp3) is 0.375. The van der Waals surface area contributed by atoms with E-state index in [1.54, 1.807) is 11.2 Å². The van der Waals surface area contributed by atoms with Gasteiger partial charge in [-0.3, -0.25) is 4.79 Å². The molecule has 1 aliphatic carbocycles. The van der Waals surface area contributed by atoms with Gasteiger partial charge in [0.25, 0.3) is 5.91 Å². The summed E-state index contributed by atoms with van der Waals surface area (Å²) in [6.07, 6.45) is 4.39. The van der Waals surface area contributed by atoms with E-state index >= 15 is 0 Å². The molecule has 1 aromatic carbocycles. The minimum absolute atomic E-state index is 0.0812. The van der Waals surface area contributed by atoms with E-state index in [1.807, 2.05) is 32.3 Å². The van der Waals surface area contributed by atoms with Gasteiger partial charge in [0.2, 0.25) is 0 Å². The lowest BCUT2D eigenvalue weighted by Crippen LogP contribution is -2.18. The first-order valence-electron chi connectivity index (χ1n) is 7.10. The van der Waals surface area contributed by atoms with E-state index in [-0.39, 0.29) is 11.8 Å². The second-order valence-electron chi connectivity index (χ2n) is 5.70. The summed E-state index contributed by atoms with van der Waals surface area (Å²) in [7, 11) is 3.71. The first-order chi connectivity index (χ1) is 10.1. The van der Waals surface area contributed by atoms with Gasteiger partial charge in [-0.2, -0.15) is 0 Å². The first kappa shape index (κ1) is 14.1. The third-order valence-electron chi connectivity index (χ3n) is 3.88. The number of aryl methyl sites for hydroxylation is 1. The van der Waals surface area contributed by atoms with Crippen molar-refractivity contribution in [2.75, 3.05) is 14.1 Å². The van der Waals surface area contributed by atoms with Crippen LogP contribution in [0.3, 0.4) is 0 Å². The Hall–Kier alpha value is -1.81. The SMILES string of the molecule is CN(C)C=NC(=O)[C@@H]1CCCc2c1[nH]c1ccc(Cl)cc21. The van der Waals surface area contributed by atoms with Crippen LogP contribution in [0.25, 0.3) is 10.9 Å². The van der Waals surface area contributed by atoms with Crippen molar-refractivity contribution in [2.24, 2.45) is 4.99 Å². The number of hydrogen-bond acceptors (Lipinski definition) is 1. The zero-order valence-electron chi connectivity index (χ0n) is 12.2. The Kier molecular flexibility index (Phi) is 3.72. The number of aromatic nitrogens is 1. The Bertz CT molecular complexity index is 718. The number of aliphatic imine (C=N–C) groups is 1. The van der Waals surface area contributed by atoms with E-state index in [0.717, 1.165) is 40.9 Å². The molecule has 0 fully saturated rings. The fourth-order valence-corrected chi connectivity index (χ4v) is 3.12. The molecule has 3 rings (SSSR count). The summed E-state index contributed by atoms with van der Waals surface area (Å²) in [6.45, 7) is 0. The number of H-pyrrole nitrogens is 1. The van der Waals surface area contributed by atoms with Crippen LogP contribution < -0.4 is 0 Å². The highest BCUT2D eigenvalue weighted by atomic mass is 35.5. The van der Waals surface area contributed by atoms with Crippen molar-refractivity contribution in [2.45, 2.75) is 25.2 Å². The Morgan fingerprint density at radius 2 is 2.29 bits per heavy atom. The second kappa shape index (κ2) is 5.53. The second-order valence-corrected chi connectivity index (χ2v) is 6.13. The lowest BCUT2D eigenvalue weighted by atomic mass is 9.86. The van der Waals surface area contributed by atoms with Crippen molar-refractivity contribution in [3.8, 4) is 0 Å². The number of nitrogens with one attached hydrogen (secondary N) is 1. The monoisotopic (exact) mass is 303 g/mol. The van der Waals surface area contributed by atoms with Crippen LogP contribution in [0.1, 0.15) is 30.0 Å². The number of nitrogens with zero attached hydrogens (tertiary/aromatic N) is 2. The van der Waals surface area contributed by atoms with Crippen molar-refractivity contribution in [1.29, 1.82) is 0 Å². The summed E-state index contributed by atoms with van der Waals surface area (Å²) in [5.41, 5.74) is 3.28. The summed E-state index contributed by atoms with van der Waals surface area (Å²) < 4.78 is 0. The van der Waals surface area contributed by atoms with E-state index in [4.69, 9.17) is 11.6 Å². The predicted molar refractivity (Wildman–Crippen MR) is 86.2 cm³/mol. The average molecular weight is 304 g/mol. The molecule has 0 unspecified atom stereocenters. The van der Waals surface area contributed by atoms with E-state index in [1.165, 1.54) is 5.56 Å². The molecule has 4 nitrogen and oxygen atoms in total. The van der Waals surface area contributed by atoms with Crippen molar-refractivity contribution in [1.82, 2.24) is 9.88 Å². The van der Waals surface area contributed by atoms with Crippen molar-refractivity contribution < 1.29 is 4.79 Å². The molecule has 1 aromatic heterocycles. The van der Waals surface area contributed by atoms with Gasteiger partial charge in [-0.25, -0.2) is 4.99 Å². The molecule has 0 saturated heterocycles. The van der Waals surface area contributed by atoms with Gasteiger partial charge in [0.15, 0.2) is 0 Å². The van der Waals surface area contributed by atoms with E-state index in [0.29, 0.717) is 0 Å². The molecule has 1 aliphatic rings. The van der Waals surface area contributed by atoms with Gasteiger partial charge in [0.1, 0.15) is 0 Å². The number of fused-ring (bicyclic) bond motifs is 3. The standard InChI is InChI=1S/C16H18ClN3O/c1-20(2)9-18-16(21)12-5-3-4-11-13-8-10(17)6-7-14(13)19-15(11)12/h6-9,12,19H,3-5H2,1-2H3/t12-/m1/s1. The number of aromatic amines is 1. The Morgan fingerprint density at radius 3 is 3.05 bits per heavy atom. The smallest absolute Gasteiger partial charge is 0.256 e. The van der Waals surface area contributed by atoms with E-state index in [2.05, 4.69) is 9.98 Å². The number of hydrogen-bond donors (Lipinski definition) is 1. The number of carbonyl (C=O) groups is 1. The number of carbonyl (C=O) groups excluding carboxylic acids is 1. The predicted octanol–water partition coefficient (Wildman–Crippen LogP) is 3.36. The van der Waals surface area contributed by atoms with Gasteiger partial charge in [-0.05, 0) is 43.0 Å². The maximum atomic E-state index is 12.3. The number of amides is 1. The summed E-state index contributed by atoms with van der Waals surface area (Å²) in [6, 6.07) is 5.82. The first-order valence-corrected chi connectivity index (χ1v) is 7.48. The van der Waals surface area contributed by atoms with Crippen LogP contribution in [0.2, 0.25) is 5.02 Å². The highest BCUT2D eigenvalue weighted by Gasteiger charge is 2.29. The lowest BCUT2D eigenvalue weighted by molar-refractivity contribution is -0.119. The van der Waals surface area contributed by atoms with Gasteiger partial charge in [0.05, 0.1) is 12.3 Å². The molecule has 0 aliphatic heterocycles. The number of halogens is 1. The van der Waals surface area contributed by atoms with Gasteiger partial charge >= 0.3 is 0 Å². The van der Waals surface area contributed by atoms with E-state index < -0.39 is 0 Å². The molecule has 0 bridgehead atoms. The number of benzene rings is 1. The zero-order valence-corrected chi connectivity index (χ0v) is 12.9. The Labute approximate surface area is 128 Å². The molecule has 21 heavy (non-hydrogen) atoms. The molecule has 0 saturated carbocycles. The largest absolute Gasteiger partial charge is 0.369 e. The van der Waals surface area contributed by atoms with Crippen molar-refractivity contribution in [3.05, 3.63) is 34.5 Å². The minimum Gasteiger partial charge on any atom is -0.369 e. The van der Waals surface area contributed by atoms with Crippen molar-refractivity contribution in [3.63, 3.8) is 0 Å². The maximum Gasteiger partial charge on any atom is 0.256 e. The molecule has 1 atom stereocenters. The minimum atomic E-state index is -0.170. The quantitative estimate of drug-likeness (QED) is 0.683. The number of rotatable bonds is 2. The molecular formula is C16H18ClN3O. The summed E-state index contributed by atoms with van der Waals surface area (Å²) in [5.74, 6) is -0.251. The summed E-state index contributed by atoms with van der Waals surface area (Å²) >= 11 is 6.09. The zero-order chi connectivity index (χ0) is 15.0. The normalized spacial score (nSPS) is 18.1. The third-order valence-corrected chi connectivity index (χ3v) is 4.12. The third kappa shape index (κ3) is 2.68. The molecule has 1 N–H and O–H groups in total. The van der Waals surface area contributed by atoms with Gasteiger partial charge in [-0.1, -0.05) is 11.6 Å². The molecule has 0 spiro atoms. The van der Waals surface area contributed by atoms with Crippen molar-refractivity contribution >= 4 is 34.7 Å². The van der Waals surface area contributed by atoms with Crippen LogP contribution in [0.4, 0.5) is 0 Å². The highest BCUT2D eigenvalue weighted by molar-refractivity contribution is 6.31. The molecule has 5 heteroatoms. The van der Waals surface area contributed by atoms with Crippen LogP contribution in [-0.2, 0) is 11.2 Å². The molecule has 2 aromatic rings. The van der Waals surface area contributed by atoms with Crippen LogP contribution in [0, 0.1) is 0 Å². The topological polar surface area (TPSA) is 48.5 Å². The molecular weight excluding hydrogens is 286 g/mol. The maximum absolute atomic E-state index is 12.3. The van der Waals surface area contributed by atoms with Crippen LogP contribution >= 0.6 is 11.6 Å². The van der Waals surface area contributed by atoms with Crippen LogP contribution in [-0.4, -0.2) is 36.2 Å². The summed E-state index contributed by atoms with van der Waals surface area (Å²) in [4.78, 5) is 21.6. The molecule has 1 amide bonds. The molecule has 110 valence electrons. The average Bonchev–Trinajstić information content (AvgIpc) is 2.82. The fourth-order valence-electron chi connectivity index (χ4n) is 2.94.